The summed E-state index contributed by atoms with van der Waals surface area (Å²) in [5.41, 5.74) is 0. The fourth-order valence-corrected chi connectivity index (χ4v) is 3.06. The number of carbonyl (C=O) groups excluding carboxylic acids is 1. The lowest BCUT2D eigenvalue weighted by atomic mass is 10.0. The number of nitrogens with zero attached hydrogens (tertiary/aromatic N) is 1. The zero-order valence-corrected chi connectivity index (χ0v) is 12.2. The van der Waals surface area contributed by atoms with Crippen LogP contribution in [-0.4, -0.2) is 43.7 Å². The molecule has 1 aliphatic rings. The van der Waals surface area contributed by atoms with Crippen molar-refractivity contribution in [1.29, 1.82) is 0 Å². The van der Waals surface area contributed by atoms with E-state index in [9.17, 15) is 4.79 Å². The van der Waals surface area contributed by atoms with Crippen LogP contribution in [-0.2, 0) is 16.1 Å². The van der Waals surface area contributed by atoms with Gasteiger partial charge >= 0.3 is 0 Å². The van der Waals surface area contributed by atoms with Crippen LogP contribution < -0.4 is 5.32 Å². The van der Waals surface area contributed by atoms with Crippen molar-refractivity contribution < 1.29 is 9.53 Å². The van der Waals surface area contributed by atoms with Crippen LogP contribution in [0.2, 0.25) is 0 Å². The first kappa shape index (κ1) is 14.5. The number of methoxy groups -OCH3 is 1. The van der Waals surface area contributed by atoms with Gasteiger partial charge in [-0.05, 0) is 30.8 Å². The minimum absolute atomic E-state index is 0.00873. The summed E-state index contributed by atoms with van der Waals surface area (Å²) in [5.74, 6) is 0.213. The lowest BCUT2D eigenvalue weighted by Gasteiger charge is -2.29. The molecular formula is C14H22N2O2S. The molecule has 2 heterocycles. The van der Waals surface area contributed by atoms with Crippen molar-refractivity contribution in [2.75, 3.05) is 26.8 Å². The number of rotatable bonds is 6. The van der Waals surface area contributed by atoms with Crippen molar-refractivity contribution in [2.45, 2.75) is 31.8 Å². The highest BCUT2D eigenvalue weighted by Gasteiger charge is 2.25. The van der Waals surface area contributed by atoms with Crippen LogP contribution in [0.3, 0.4) is 0 Å². The van der Waals surface area contributed by atoms with Crippen LogP contribution in [0.15, 0.2) is 17.5 Å². The highest BCUT2D eigenvalue weighted by molar-refractivity contribution is 7.09. The molecule has 1 aromatic rings. The topological polar surface area (TPSA) is 41.6 Å². The molecule has 0 bridgehead atoms. The predicted molar refractivity (Wildman–Crippen MR) is 77.3 cm³/mol. The molecule has 19 heavy (non-hydrogen) atoms. The van der Waals surface area contributed by atoms with Crippen LogP contribution in [0, 0.1) is 0 Å². The first-order valence-corrected chi connectivity index (χ1v) is 7.72. The van der Waals surface area contributed by atoms with Gasteiger partial charge in [0.25, 0.3) is 0 Å². The Bertz CT molecular complexity index is 375. The summed E-state index contributed by atoms with van der Waals surface area (Å²) in [7, 11) is 1.67. The van der Waals surface area contributed by atoms with E-state index in [0.717, 1.165) is 19.4 Å². The standard InChI is InChI=1S/C14H22N2O2S/c1-18-9-8-16(11-12-5-4-10-19-12)14(17)13-6-2-3-7-15-13/h4-5,10,13,15H,2-3,6-9,11H2,1H3. The maximum atomic E-state index is 12.5. The number of hydrogen-bond acceptors (Lipinski definition) is 4. The Hall–Kier alpha value is -0.910. The van der Waals surface area contributed by atoms with Crippen molar-refractivity contribution in [3.8, 4) is 0 Å². The number of piperidine rings is 1. The van der Waals surface area contributed by atoms with E-state index in [2.05, 4.69) is 11.4 Å². The summed E-state index contributed by atoms with van der Waals surface area (Å²) < 4.78 is 5.12. The molecule has 1 N–H and O–H groups in total. The van der Waals surface area contributed by atoms with Gasteiger partial charge in [-0.25, -0.2) is 0 Å². The molecule has 1 amide bonds. The fraction of sp³-hybridized carbons (Fsp3) is 0.643. The molecule has 1 unspecified atom stereocenters. The molecule has 1 aromatic heterocycles. The first-order chi connectivity index (χ1) is 9.31. The van der Waals surface area contributed by atoms with Gasteiger partial charge in [-0.15, -0.1) is 11.3 Å². The minimum Gasteiger partial charge on any atom is -0.383 e. The van der Waals surface area contributed by atoms with Crippen molar-refractivity contribution in [3.63, 3.8) is 0 Å². The van der Waals surface area contributed by atoms with Crippen molar-refractivity contribution >= 4 is 17.2 Å². The van der Waals surface area contributed by atoms with Gasteiger partial charge < -0.3 is 15.0 Å². The highest BCUT2D eigenvalue weighted by atomic mass is 32.1. The third-order valence-electron chi connectivity index (χ3n) is 3.41. The molecule has 4 nitrogen and oxygen atoms in total. The molecule has 106 valence electrons. The Labute approximate surface area is 118 Å². The molecule has 0 radical (unpaired) electrons. The highest BCUT2D eigenvalue weighted by Crippen LogP contribution is 2.15. The molecule has 1 saturated heterocycles. The monoisotopic (exact) mass is 282 g/mol. The summed E-state index contributed by atoms with van der Waals surface area (Å²) in [5, 5.41) is 5.38. The summed E-state index contributed by atoms with van der Waals surface area (Å²) in [6.07, 6.45) is 3.26. The number of carbonyl (C=O) groups is 1. The summed E-state index contributed by atoms with van der Waals surface area (Å²) in [4.78, 5) is 15.7. The van der Waals surface area contributed by atoms with Gasteiger partial charge in [-0.1, -0.05) is 12.5 Å². The number of hydrogen-bond donors (Lipinski definition) is 1. The largest absolute Gasteiger partial charge is 0.383 e. The van der Waals surface area contributed by atoms with Crippen LogP contribution in [0.1, 0.15) is 24.1 Å². The Morgan fingerprint density at radius 1 is 1.58 bits per heavy atom. The van der Waals surface area contributed by atoms with Gasteiger partial charge in [-0.3, -0.25) is 4.79 Å². The second kappa shape index (κ2) is 7.62. The van der Waals surface area contributed by atoms with E-state index >= 15 is 0 Å². The molecule has 1 aliphatic heterocycles. The van der Waals surface area contributed by atoms with Crippen molar-refractivity contribution in [2.24, 2.45) is 0 Å². The molecular weight excluding hydrogens is 260 g/mol. The zero-order valence-electron chi connectivity index (χ0n) is 11.4. The lowest BCUT2D eigenvalue weighted by molar-refractivity contribution is -0.135. The van der Waals surface area contributed by atoms with Crippen molar-refractivity contribution in [3.05, 3.63) is 22.4 Å². The van der Waals surface area contributed by atoms with E-state index < -0.39 is 0 Å². The van der Waals surface area contributed by atoms with Crippen LogP contribution in [0.5, 0.6) is 0 Å². The van der Waals surface area contributed by atoms with E-state index in [4.69, 9.17) is 4.74 Å². The number of ether oxygens (including phenoxy) is 1. The third kappa shape index (κ3) is 4.30. The quantitative estimate of drug-likeness (QED) is 0.866. The SMILES string of the molecule is COCCN(Cc1cccs1)C(=O)C1CCCCN1. The molecule has 0 saturated carbocycles. The van der Waals surface area contributed by atoms with Crippen LogP contribution >= 0.6 is 11.3 Å². The number of amides is 1. The molecule has 0 aromatic carbocycles. The molecule has 1 atom stereocenters. The normalized spacial score (nSPS) is 19.3. The Balaban J connectivity index is 1.96. The zero-order chi connectivity index (χ0) is 13.5. The van der Waals surface area contributed by atoms with E-state index in [1.165, 1.54) is 11.3 Å². The maximum absolute atomic E-state index is 12.5. The van der Waals surface area contributed by atoms with E-state index in [1.807, 2.05) is 16.3 Å². The number of thiophene rings is 1. The van der Waals surface area contributed by atoms with E-state index in [1.54, 1.807) is 18.4 Å². The minimum atomic E-state index is -0.00873. The van der Waals surface area contributed by atoms with Crippen LogP contribution in [0.25, 0.3) is 0 Å². The molecule has 2 rings (SSSR count). The third-order valence-corrected chi connectivity index (χ3v) is 4.27. The van der Waals surface area contributed by atoms with Gasteiger partial charge in [0.15, 0.2) is 0 Å². The fourth-order valence-electron chi connectivity index (χ4n) is 2.34. The van der Waals surface area contributed by atoms with Gasteiger partial charge in [0.2, 0.25) is 5.91 Å². The van der Waals surface area contributed by atoms with Gasteiger partial charge in [0, 0.05) is 18.5 Å². The number of nitrogens with one attached hydrogen (secondary N) is 1. The second-order valence-electron chi connectivity index (χ2n) is 4.83. The average molecular weight is 282 g/mol. The van der Waals surface area contributed by atoms with Gasteiger partial charge in [0.05, 0.1) is 19.2 Å². The summed E-state index contributed by atoms with van der Waals surface area (Å²) in [6, 6.07) is 4.09. The molecule has 5 heteroatoms. The van der Waals surface area contributed by atoms with Crippen molar-refractivity contribution in [1.82, 2.24) is 10.2 Å². The summed E-state index contributed by atoms with van der Waals surface area (Å²) >= 11 is 1.69. The van der Waals surface area contributed by atoms with E-state index in [-0.39, 0.29) is 11.9 Å². The first-order valence-electron chi connectivity index (χ1n) is 6.84. The molecule has 0 spiro atoms. The Morgan fingerprint density at radius 3 is 3.11 bits per heavy atom. The van der Waals surface area contributed by atoms with Gasteiger partial charge in [-0.2, -0.15) is 0 Å². The average Bonchev–Trinajstić information content (AvgIpc) is 2.96. The van der Waals surface area contributed by atoms with E-state index in [0.29, 0.717) is 19.7 Å². The predicted octanol–water partition coefficient (Wildman–Crippen LogP) is 1.87. The molecule has 0 aliphatic carbocycles. The summed E-state index contributed by atoms with van der Waals surface area (Å²) in [6.45, 7) is 2.89. The second-order valence-corrected chi connectivity index (χ2v) is 5.87. The smallest absolute Gasteiger partial charge is 0.240 e. The van der Waals surface area contributed by atoms with Gasteiger partial charge in [0.1, 0.15) is 0 Å². The maximum Gasteiger partial charge on any atom is 0.240 e. The van der Waals surface area contributed by atoms with Crippen LogP contribution in [0.4, 0.5) is 0 Å². The Morgan fingerprint density at radius 2 is 2.47 bits per heavy atom. The lowest BCUT2D eigenvalue weighted by Crippen LogP contribution is -2.49. The molecule has 1 fully saturated rings. The Kier molecular flexibility index (Phi) is 5.82.